The van der Waals surface area contributed by atoms with Crippen molar-refractivity contribution in [3.63, 3.8) is 0 Å². The van der Waals surface area contributed by atoms with Crippen LogP contribution in [0.1, 0.15) is 29.7 Å². The third-order valence-electron chi connectivity index (χ3n) is 2.95. The Morgan fingerprint density at radius 2 is 2.22 bits per heavy atom. The second-order valence-electron chi connectivity index (χ2n) is 4.45. The van der Waals surface area contributed by atoms with Gasteiger partial charge in [-0.15, -0.1) is 0 Å². The number of hydrogen-bond donors (Lipinski definition) is 1. The molecule has 0 aliphatic rings. The zero-order valence-corrected chi connectivity index (χ0v) is 10.6. The fraction of sp³-hybridized carbons (Fsp3) is 0.357. The molecule has 3 nitrogen and oxygen atoms in total. The van der Waals surface area contributed by atoms with Crippen LogP contribution < -0.4 is 0 Å². The summed E-state index contributed by atoms with van der Waals surface area (Å²) in [5, 5.41) is 14.2. The molecule has 0 amide bonds. The first-order valence-electron chi connectivity index (χ1n) is 6.05. The molecule has 2 rings (SSSR count). The van der Waals surface area contributed by atoms with E-state index < -0.39 is 6.10 Å². The Hall–Kier alpha value is -1.68. The van der Waals surface area contributed by atoms with Gasteiger partial charge in [-0.2, -0.15) is 5.10 Å². The number of aromatic nitrogens is 2. The number of nitrogens with zero attached hydrogens (tertiary/aromatic N) is 2. The van der Waals surface area contributed by atoms with Gasteiger partial charge in [0.1, 0.15) is 5.82 Å². The molecule has 0 aliphatic heterocycles. The van der Waals surface area contributed by atoms with Gasteiger partial charge in [-0.25, -0.2) is 4.39 Å². The van der Waals surface area contributed by atoms with Crippen LogP contribution in [-0.2, 0) is 13.0 Å². The van der Waals surface area contributed by atoms with Gasteiger partial charge in [-0.05, 0) is 25.5 Å². The lowest BCUT2D eigenvalue weighted by Crippen LogP contribution is -2.04. The second kappa shape index (κ2) is 5.31. The Morgan fingerprint density at radius 3 is 2.89 bits per heavy atom. The molecule has 2 aromatic rings. The maximum Gasteiger partial charge on any atom is 0.129 e. The number of halogens is 1. The number of aliphatic hydroxyl groups is 1. The normalized spacial score (nSPS) is 12.7. The van der Waals surface area contributed by atoms with E-state index in [1.54, 1.807) is 23.0 Å². The van der Waals surface area contributed by atoms with Crippen molar-refractivity contribution in [1.82, 2.24) is 9.78 Å². The average molecular weight is 248 g/mol. The summed E-state index contributed by atoms with van der Waals surface area (Å²) in [7, 11) is 0. The molecule has 96 valence electrons. The Labute approximate surface area is 106 Å². The molecule has 0 radical (unpaired) electrons. The standard InChI is InChI=1S/C14H17FN2O/c1-3-17-9-11(8-16-17)7-14(18)12-6-10(2)4-5-13(12)15/h4-6,8-9,14,18H,3,7H2,1-2H3. The van der Waals surface area contributed by atoms with Crippen LogP contribution in [0.3, 0.4) is 0 Å². The van der Waals surface area contributed by atoms with Crippen molar-refractivity contribution in [2.75, 3.05) is 0 Å². The van der Waals surface area contributed by atoms with Gasteiger partial charge in [0.15, 0.2) is 0 Å². The maximum absolute atomic E-state index is 13.6. The van der Waals surface area contributed by atoms with Crippen LogP contribution in [0.5, 0.6) is 0 Å². The van der Waals surface area contributed by atoms with E-state index in [9.17, 15) is 9.50 Å². The van der Waals surface area contributed by atoms with E-state index in [0.717, 1.165) is 17.7 Å². The highest BCUT2D eigenvalue weighted by atomic mass is 19.1. The predicted octanol–water partition coefficient (Wildman–Crippen LogP) is 2.63. The first-order valence-corrected chi connectivity index (χ1v) is 6.05. The Bertz CT molecular complexity index is 536. The van der Waals surface area contributed by atoms with Crippen molar-refractivity contribution in [1.29, 1.82) is 0 Å². The summed E-state index contributed by atoms with van der Waals surface area (Å²) in [5.41, 5.74) is 2.19. The highest BCUT2D eigenvalue weighted by Gasteiger charge is 2.14. The number of aliphatic hydroxyl groups excluding tert-OH is 1. The highest BCUT2D eigenvalue weighted by Crippen LogP contribution is 2.22. The SMILES string of the molecule is CCn1cc(CC(O)c2cc(C)ccc2F)cn1. The highest BCUT2D eigenvalue weighted by molar-refractivity contribution is 5.27. The molecular weight excluding hydrogens is 231 g/mol. The summed E-state index contributed by atoms with van der Waals surface area (Å²) in [6.07, 6.45) is 3.12. The Balaban J connectivity index is 2.16. The van der Waals surface area contributed by atoms with Crippen molar-refractivity contribution in [2.24, 2.45) is 0 Å². The molecular formula is C14H17FN2O. The van der Waals surface area contributed by atoms with Crippen molar-refractivity contribution in [3.05, 3.63) is 53.1 Å². The third kappa shape index (κ3) is 2.76. The van der Waals surface area contributed by atoms with Gasteiger partial charge in [0, 0.05) is 24.7 Å². The molecule has 1 aromatic heterocycles. The van der Waals surface area contributed by atoms with E-state index >= 15 is 0 Å². The third-order valence-corrected chi connectivity index (χ3v) is 2.95. The van der Waals surface area contributed by atoms with Crippen LogP contribution >= 0.6 is 0 Å². The van der Waals surface area contributed by atoms with Gasteiger partial charge in [-0.1, -0.05) is 17.7 Å². The molecule has 1 unspecified atom stereocenters. The van der Waals surface area contributed by atoms with E-state index in [4.69, 9.17) is 0 Å². The molecule has 18 heavy (non-hydrogen) atoms. The number of benzene rings is 1. The van der Waals surface area contributed by atoms with Gasteiger partial charge in [0.05, 0.1) is 12.3 Å². The number of rotatable bonds is 4. The quantitative estimate of drug-likeness (QED) is 0.903. The van der Waals surface area contributed by atoms with E-state index in [1.807, 2.05) is 20.0 Å². The predicted molar refractivity (Wildman–Crippen MR) is 67.7 cm³/mol. The van der Waals surface area contributed by atoms with Crippen LogP contribution in [0.2, 0.25) is 0 Å². The summed E-state index contributed by atoms with van der Waals surface area (Å²) in [6.45, 7) is 4.66. The molecule has 1 aromatic carbocycles. The van der Waals surface area contributed by atoms with Gasteiger partial charge in [0.2, 0.25) is 0 Å². The van der Waals surface area contributed by atoms with Crippen LogP contribution in [0.4, 0.5) is 4.39 Å². The molecule has 4 heteroatoms. The summed E-state index contributed by atoms with van der Waals surface area (Å²) >= 11 is 0. The maximum atomic E-state index is 13.6. The lowest BCUT2D eigenvalue weighted by Gasteiger charge is -2.11. The van der Waals surface area contributed by atoms with Crippen LogP contribution in [0.15, 0.2) is 30.6 Å². The Kier molecular flexibility index (Phi) is 3.77. The molecule has 0 saturated heterocycles. The molecule has 0 aliphatic carbocycles. The molecule has 0 fully saturated rings. The summed E-state index contributed by atoms with van der Waals surface area (Å²) in [5.74, 6) is -0.365. The summed E-state index contributed by atoms with van der Waals surface area (Å²) in [4.78, 5) is 0. The largest absolute Gasteiger partial charge is 0.388 e. The van der Waals surface area contributed by atoms with Crippen LogP contribution in [-0.4, -0.2) is 14.9 Å². The van der Waals surface area contributed by atoms with Crippen molar-refractivity contribution in [2.45, 2.75) is 32.9 Å². The molecule has 0 saturated carbocycles. The average Bonchev–Trinajstić information content (AvgIpc) is 2.80. The topological polar surface area (TPSA) is 38.0 Å². The van der Waals surface area contributed by atoms with E-state index in [2.05, 4.69) is 5.10 Å². The molecule has 1 N–H and O–H groups in total. The lowest BCUT2D eigenvalue weighted by molar-refractivity contribution is 0.173. The minimum atomic E-state index is -0.834. The summed E-state index contributed by atoms with van der Waals surface area (Å²) < 4.78 is 15.4. The van der Waals surface area contributed by atoms with Gasteiger partial charge in [-0.3, -0.25) is 4.68 Å². The molecule has 1 heterocycles. The molecule has 1 atom stereocenters. The van der Waals surface area contributed by atoms with Crippen molar-refractivity contribution in [3.8, 4) is 0 Å². The minimum Gasteiger partial charge on any atom is -0.388 e. The molecule has 0 bridgehead atoms. The lowest BCUT2D eigenvalue weighted by atomic mass is 10.0. The van der Waals surface area contributed by atoms with Gasteiger partial charge < -0.3 is 5.11 Å². The number of aryl methyl sites for hydroxylation is 2. The molecule has 0 spiro atoms. The zero-order valence-electron chi connectivity index (χ0n) is 10.6. The zero-order chi connectivity index (χ0) is 13.1. The summed E-state index contributed by atoms with van der Waals surface area (Å²) in [6, 6.07) is 4.77. The fourth-order valence-corrected chi connectivity index (χ4v) is 1.94. The van der Waals surface area contributed by atoms with E-state index in [0.29, 0.717) is 12.0 Å². The fourth-order valence-electron chi connectivity index (χ4n) is 1.94. The Morgan fingerprint density at radius 1 is 1.44 bits per heavy atom. The van der Waals surface area contributed by atoms with Crippen LogP contribution in [0, 0.1) is 12.7 Å². The smallest absolute Gasteiger partial charge is 0.129 e. The minimum absolute atomic E-state index is 0.347. The van der Waals surface area contributed by atoms with Gasteiger partial charge in [0.25, 0.3) is 0 Å². The van der Waals surface area contributed by atoms with Crippen molar-refractivity contribution >= 4 is 0 Å². The first-order chi connectivity index (χ1) is 8.60. The van der Waals surface area contributed by atoms with Gasteiger partial charge >= 0.3 is 0 Å². The number of hydrogen-bond acceptors (Lipinski definition) is 2. The van der Waals surface area contributed by atoms with Crippen molar-refractivity contribution < 1.29 is 9.50 Å². The second-order valence-corrected chi connectivity index (χ2v) is 4.45. The van der Waals surface area contributed by atoms with E-state index in [1.165, 1.54) is 6.07 Å². The first kappa shape index (κ1) is 12.8. The van der Waals surface area contributed by atoms with Crippen LogP contribution in [0.25, 0.3) is 0 Å². The van der Waals surface area contributed by atoms with E-state index in [-0.39, 0.29) is 5.82 Å². The monoisotopic (exact) mass is 248 g/mol.